The van der Waals surface area contributed by atoms with Gasteiger partial charge in [0.2, 0.25) is 11.8 Å². The summed E-state index contributed by atoms with van der Waals surface area (Å²) in [7, 11) is 1.51. The third-order valence-corrected chi connectivity index (χ3v) is 9.81. The fourth-order valence-electron chi connectivity index (χ4n) is 6.23. The van der Waals surface area contributed by atoms with E-state index in [0.717, 1.165) is 4.90 Å². The first-order valence-corrected chi connectivity index (χ1v) is 18.2. The average Bonchev–Trinajstić information content (AvgIpc) is 3.59. The van der Waals surface area contributed by atoms with Crippen LogP contribution in [0.15, 0.2) is 59.9 Å². The number of aromatic nitrogens is 2. The van der Waals surface area contributed by atoms with Crippen LogP contribution in [0.1, 0.15) is 53.0 Å². The highest BCUT2D eigenvalue weighted by molar-refractivity contribution is 7.99. The van der Waals surface area contributed by atoms with Crippen LogP contribution in [-0.2, 0) is 9.59 Å². The molecule has 3 aliphatic heterocycles. The summed E-state index contributed by atoms with van der Waals surface area (Å²) in [4.78, 5) is 66.1. The number of fused-ring (bicyclic) bond motifs is 5. The molecule has 51 heavy (non-hydrogen) atoms. The minimum atomic E-state index is -0.740. The van der Waals surface area contributed by atoms with Gasteiger partial charge in [-0.3, -0.25) is 24.2 Å². The van der Waals surface area contributed by atoms with E-state index in [2.05, 4.69) is 20.6 Å². The monoisotopic (exact) mass is 718 g/mol. The molecule has 2 N–H and O–H groups in total. The maximum atomic E-state index is 13.7. The molecule has 270 valence electrons. The van der Waals surface area contributed by atoms with Crippen molar-refractivity contribution in [2.45, 2.75) is 49.1 Å². The molecule has 4 amide bonds. The van der Waals surface area contributed by atoms with Gasteiger partial charge in [-0.2, -0.15) is 0 Å². The van der Waals surface area contributed by atoms with E-state index < -0.39 is 12.1 Å². The van der Waals surface area contributed by atoms with Crippen molar-refractivity contribution >= 4 is 35.4 Å². The van der Waals surface area contributed by atoms with Crippen molar-refractivity contribution in [1.29, 1.82) is 0 Å². The Balaban J connectivity index is 1.16. The van der Waals surface area contributed by atoms with Gasteiger partial charge in [0.15, 0.2) is 23.0 Å². The molecule has 1 aromatic heterocycles. The number of carbonyl (C=O) groups excluding carboxylic acids is 4. The second-order valence-electron chi connectivity index (χ2n) is 12.3. The third kappa shape index (κ3) is 9.20. The zero-order valence-corrected chi connectivity index (χ0v) is 29.3. The van der Waals surface area contributed by atoms with Crippen LogP contribution in [0.4, 0.5) is 0 Å². The molecular weight excluding hydrogens is 676 g/mol. The first kappa shape index (κ1) is 35.8. The molecule has 4 bridgehead atoms. The van der Waals surface area contributed by atoms with E-state index in [1.807, 2.05) is 18.2 Å². The molecule has 1 saturated heterocycles. The van der Waals surface area contributed by atoms with Gasteiger partial charge in [0.25, 0.3) is 11.8 Å². The van der Waals surface area contributed by atoms with Crippen molar-refractivity contribution in [2.24, 2.45) is 0 Å². The van der Waals surface area contributed by atoms with Crippen LogP contribution in [0.25, 0.3) is 0 Å². The Kier molecular flexibility index (Phi) is 12.1. The fourth-order valence-corrected chi connectivity index (χ4v) is 7.09. The zero-order chi connectivity index (χ0) is 35.6. The summed E-state index contributed by atoms with van der Waals surface area (Å²) in [5.41, 5.74) is 0.608. The molecule has 2 atom stereocenters. The average molecular weight is 719 g/mol. The van der Waals surface area contributed by atoms with Gasteiger partial charge >= 0.3 is 0 Å². The molecule has 6 rings (SSSR count). The van der Waals surface area contributed by atoms with Crippen molar-refractivity contribution in [3.05, 3.63) is 66.2 Å². The highest BCUT2D eigenvalue weighted by Crippen LogP contribution is 2.35. The van der Waals surface area contributed by atoms with Crippen LogP contribution in [0.5, 0.6) is 23.0 Å². The predicted octanol–water partition coefficient (Wildman–Crippen LogP) is 2.96. The molecule has 3 aliphatic rings. The van der Waals surface area contributed by atoms with Gasteiger partial charge < -0.3 is 39.4 Å². The fraction of sp³-hybridized carbons (Fsp3) is 0.444. The lowest BCUT2D eigenvalue weighted by Gasteiger charge is -2.24. The number of carbonyl (C=O) groups is 4. The summed E-state index contributed by atoms with van der Waals surface area (Å²) < 4.78 is 23.2. The van der Waals surface area contributed by atoms with Crippen molar-refractivity contribution in [1.82, 2.24) is 30.4 Å². The first-order chi connectivity index (χ1) is 24.9. The molecule has 4 heterocycles. The Hall–Kier alpha value is -5.05. The van der Waals surface area contributed by atoms with E-state index in [1.54, 1.807) is 28.0 Å². The highest BCUT2D eigenvalue weighted by atomic mass is 32.2. The Labute approximate surface area is 300 Å². The smallest absolute Gasteiger partial charge is 0.274 e. The lowest BCUT2D eigenvalue weighted by Crippen LogP contribution is -2.46. The summed E-state index contributed by atoms with van der Waals surface area (Å²) in [6, 6.07) is 9.89. The molecule has 0 spiro atoms. The Morgan fingerprint density at radius 2 is 1.78 bits per heavy atom. The van der Waals surface area contributed by atoms with E-state index >= 15 is 0 Å². The second kappa shape index (κ2) is 17.2. The maximum absolute atomic E-state index is 13.7. The SMILES string of the molecule is COc1ccc2cc1O[C@H]1C[C@@H](C(=O)NCCCCN(C(=O)c3cnccn3)CCCNC2=O)N(C(=O)CCSc2ccc3c(c2)OCCO3)C1. The molecule has 0 aliphatic carbocycles. The largest absolute Gasteiger partial charge is 0.493 e. The number of hydrogen-bond acceptors (Lipinski definition) is 11. The standard InChI is InChI=1S/C36H42N6O8S/c1-47-29-7-5-24-19-32(29)50-25-20-28(42(23-25)33(43)9-18-51-26-6-8-30-31(21-26)49-17-16-48-30)35(45)40-10-2-3-14-41(15-4-11-39-34(24)44)36(46)27-22-37-12-13-38-27/h5-8,12-13,19,21-22,25,28H,2-4,9-11,14-18,20,23H2,1H3,(H,39,44)(H,40,45)/t25-,28-/m0/s1. The minimum Gasteiger partial charge on any atom is -0.493 e. The topological polar surface area (TPSA) is 162 Å². The minimum absolute atomic E-state index is 0.160. The molecule has 14 nitrogen and oxygen atoms in total. The molecule has 1 fully saturated rings. The van der Waals surface area contributed by atoms with Crippen molar-refractivity contribution in [2.75, 3.05) is 58.8 Å². The number of thioether (sulfide) groups is 1. The van der Waals surface area contributed by atoms with E-state index in [4.69, 9.17) is 18.9 Å². The summed E-state index contributed by atoms with van der Waals surface area (Å²) in [5.74, 6) is 1.69. The van der Waals surface area contributed by atoms with Gasteiger partial charge in [0, 0.05) is 67.6 Å². The lowest BCUT2D eigenvalue weighted by molar-refractivity contribution is -0.138. The predicted molar refractivity (Wildman–Crippen MR) is 187 cm³/mol. The van der Waals surface area contributed by atoms with Gasteiger partial charge in [-0.1, -0.05) is 0 Å². The lowest BCUT2D eigenvalue weighted by atomic mass is 10.1. The van der Waals surface area contributed by atoms with Crippen LogP contribution >= 0.6 is 11.8 Å². The van der Waals surface area contributed by atoms with Crippen molar-refractivity contribution < 1.29 is 38.1 Å². The van der Waals surface area contributed by atoms with E-state index in [-0.39, 0.29) is 48.7 Å². The summed E-state index contributed by atoms with van der Waals surface area (Å²) in [6.07, 6.45) is 6.15. The zero-order valence-electron chi connectivity index (χ0n) is 28.5. The first-order valence-electron chi connectivity index (χ1n) is 17.2. The number of rotatable bonds is 6. The number of methoxy groups -OCH3 is 1. The summed E-state index contributed by atoms with van der Waals surface area (Å²) in [6.45, 7) is 2.76. The molecule has 0 radical (unpaired) electrons. The van der Waals surface area contributed by atoms with E-state index in [9.17, 15) is 19.2 Å². The number of benzene rings is 2. The Morgan fingerprint density at radius 3 is 2.61 bits per heavy atom. The highest BCUT2D eigenvalue weighted by Gasteiger charge is 2.40. The normalized spacial score (nSPS) is 19.8. The summed E-state index contributed by atoms with van der Waals surface area (Å²) in [5, 5.41) is 5.93. The van der Waals surface area contributed by atoms with Crippen LogP contribution in [0.3, 0.4) is 0 Å². The van der Waals surface area contributed by atoms with Crippen LogP contribution < -0.4 is 29.6 Å². The van der Waals surface area contributed by atoms with E-state index in [0.29, 0.717) is 93.0 Å². The number of likely N-dealkylation sites (tertiary alicyclic amines) is 1. The van der Waals surface area contributed by atoms with Crippen molar-refractivity contribution in [3.8, 4) is 23.0 Å². The van der Waals surface area contributed by atoms with Gasteiger partial charge in [0.1, 0.15) is 31.1 Å². The quantitative estimate of drug-likeness (QED) is 0.361. The maximum Gasteiger partial charge on any atom is 0.274 e. The van der Waals surface area contributed by atoms with Crippen LogP contribution in [0, 0.1) is 0 Å². The second-order valence-corrected chi connectivity index (χ2v) is 13.5. The van der Waals surface area contributed by atoms with Crippen LogP contribution in [-0.4, -0.2) is 114 Å². The molecule has 0 unspecified atom stereocenters. The third-order valence-electron chi connectivity index (χ3n) is 8.82. The molecule has 0 saturated carbocycles. The van der Waals surface area contributed by atoms with Gasteiger partial charge in [-0.25, -0.2) is 4.98 Å². The van der Waals surface area contributed by atoms with Crippen molar-refractivity contribution in [3.63, 3.8) is 0 Å². The number of nitrogens with zero attached hydrogens (tertiary/aromatic N) is 4. The molecular formula is C36H42N6O8S. The van der Waals surface area contributed by atoms with E-state index in [1.165, 1.54) is 37.5 Å². The Bertz CT molecular complexity index is 1710. The molecule has 15 heteroatoms. The van der Waals surface area contributed by atoms with Gasteiger partial charge in [0.05, 0.1) is 19.9 Å². The number of amides is 4. The van der Waals surface area contributed by atoms with Gasteiger partial charge in [-0.15, -0.1) is 11.8 Å². The molecule has 3 aromatic rings. The van der Waals surface area contributed by atoms with Crippen LogP contribution in [0.2, 0.25) is 0 Å². The molecule has 2 aromatic carbocycles. The number of nitrogens with one attached hydrogen (secondary N) is 2. The van der Waals surface area contributed by atoms with Gasteiger partial charge in [-0.05, 0) is 55.7 Å². The number of hydrogen-bond donors (Lipinski definition) is 2. The number of ether oxygens (including phenoxy) is 4. The Morgan fingerprint density at radius 1 is 0.961 bits per heavy atom. The summed E-state index contributed by atoms with van der Waals surface area (Å²) >= 11 is 1.53.